The van der Waals surface area contributed by atoms with E-state index in [9.17, 15) is 0 Å². The van der Waals surface area contributed by atoms with Crippen LogP contribution in [0, 0.1) is 0 Å². The minimum absolute atomic E-state index is 0.246. The van der Waals surface area contributed by atoms with Crippen LogP contribution in [0.3, 0.4) is 0 Å². The first kappa shape index (κ1) is 26.9. The Morgan fingerprint density at radius 3 is 2.39 bits per heavy atom. The molecular weight excluding hydrogens is 579 g/mol. The molecule has 0 unspecified atom stereocenters. The highest BCUT2D eigenvalue weighted by molar-refractivity contribution is 7.26. The molecule has 9 rings (SSSR count). The zero-order chi connectivity index (χ0) is 30.6. The van der Waals surface area contributed by atoms with Crippen LogP contribution in [0.1, 0.15) is 18.4 Å². The van der Waals surface area contributed by atoms with Crippen molar-refractivity contribution in [2.45, 2.75) is 12.8 Å². The van der Waals surface area contributed by atoms with E-state index in [-0.39, 0.29) is 5.92 Å². The summed E-state index contributed by atoms with van der Waals surface area (Å²) < 4.78 is 4.98. The van der Waals surface area contributed by atoms with E-state index in [2.05, 4.69) is 161 Å². The molecule has 4 heterocycles. The molecule has 3 aromatic heterocycles. The number of rotatable bonds is 3. The first-order valence-corrected chi connectivity index (χ1v) is 16.7. The van der Waals surface area contributed by atoms with Gasteiger partial charge in [-0.15, -0.1) is 11.3 Å². The first-order valence-electron chi connectivity index (χ1n) is 15.8. The van der Waals surface area contributed by atoms with Crippen LogP contribution < -0.4 is 4.90 Å². The van der Waals surface area contributed by atoms with Crippen LogP contribution in [-0.4, -0.2) is 16.1 Å². The van der Waals surface area contributed by atoms with Crippen molar-refractivity contribution < 1.29 is 0 Å². The van der Waals surface area contributed by atoms with E-state index in [0.717, 1.165) is 6.54 Å². The number of anilines is 2. The largest absolute Gasteiger partial charge is 0.337 e. The van der Waals surface area contributed by atoms with Gasteiger partial charge in [-0.1, -0.05) is 91.9 Å². The number of thiophene rings is 1. The lowest BCUT2D eigenvalue weighted by molar-refractivity contribution is 0.938. The number of nitrogens with zero attached hydrogens (tertiary/aromatic N) is 3. The fourth-order valence-electron chi connectivity index (χ4n) is 7.12. The van der Waals surface area contributed by atoms with E-state index in [1.54, 1.807) is 0 Å². The summed E-state index contributed by atoms with van der Waals surface area (Å²) in [5.41, 5.74) is 9.71. The lowest BCUT2D eigenvalue weighted by Gasteiger charge is -2.28. The Hall–Kier alpha value is -5.45. The molecule has 0 N–H and O–H groups in total. The average molecular weight is 610 g/mol. The Balaban J connectivity index is 1.31. The molecule has 0 bridgehead atoms. The van der Waals surface area contributed by atoms with Gasteiger partial charge in [0.05, 0.1) is 16.7 Å². The summed E-state index contributed by atoms with van der Waals surface area (Å²) in [6.45, 7) is 3.02. The van der Waals surface area contributed by atoms with Crippen LogP contribution in [0.5, 0.6) is 0 Å². The maximum atomic E-state index is 4.54. The van der Waals surface area contributed by atoms with E-state index in [1.807, 2.05) is 23.7 Å². The van der Waals surface area contributed by atoms with Gasteiger partial charge in [0.1, 0.15) is 0 Å². The molecule has 3 nitrogen and oxygen atoms in total. The molecule has 0 radical (unpaired) electrons. The number of aromatic nitrogens is 2. The minimum atomic E-state index is 0.246. The molecule has 0 fully saturated rings. The SMILES string of the molecule is C[C@H]1/C=C\C=C/CN(c2cc(-c3ccc4c(c3)c3ccccc3n4-c3ccccc3)cc3sc4ccccc4c23)c2ccncc21. The number of hydrogen-bond acceptors (Lipinski definition) is 3. The Kier molecular flexibility index (Phi) is 6.36. The molecular formula is C42H31N3S. The van der Waals surface area contributed by atoms with E-state index < -0.39 is 0 Å². The summed E-state index contributed by atoms with van der Waals surface area (Å²) in [5, 5.41) is 5.13. The predicted octanol–water partition coefficient (Wildman–Crippen LogP) is 11.6. The number of para-hydroxylation sites is 2. The van der Waals surface area contributed by atoms with Gasteiger partial charge in [-0.2, -0.15) is 0 Å². The lowest BCUT2D eigenvalue weighted by atomic mass is 9.97. The minimum Gasteiger partial charge on any atom is -0.337 e. The second-order valence-corrected chi connectivity index (χ2v) is 13.1. The fourth-order valence-corrected chi connectivity index (χ4v) is 8.29. The molecule has 1 aliphatic heterocycles. The van der Waals surface area contributed by atoms with Crippen molar-refractivity contribution in [1.29, 1.82) is 0 Å². The van der Waals surface area contributed by atoms with Gasteiger partial charge in [-0.25, -0.2) is 0 Å². The van der Waals surface area contributed by atoms with Gasteiger partial charge >= 0.3 is 0 Å². The van der Waals surface area contributed by atoms with Crippen molar-refractivity contribution in [2.24, 2.45) is 0 Å². The van der Waals surface area contributed by atoms with Crippen LogP contribution in [0.25, 0.3) is 58.8 Å². The fraction of sp³-hybridized carbons (Fsp3) is 0.0714. The number of allylic oxidation sites excluding steroid dienone is 3. The Bertz CT molecular complexity index is 2480. The lowest BCUT2D eigenvalue weighted by Crippen LogP contribution is -2.19. The van der Waals surface area contributed by atoms with Gasteiger partial charge < -0.3 is 9.47 Å². The van der Waals surface area contributed by atoms with Crippen molar-refractivity contribution in [2.75, 3.05) is 11.4 Å². The van der Waals surface area contributed by atoms with Crippen LogP contribution in [0.4, 0.5) is 11.4 Å². The van der Waals surface area contributed by atoms with Crippen LogP contribution in [0.15, 0.2) is 152 Å². The molecule has 5 aromatic carbocycles. The van der Waals surface area contributed by atoms with Gasteiger partial charge in [0.25, 0.3) is 0 Å². The third-order valence-electron chi connectivity index (χ3n) is 9.31. The Morgan fingerprint density at radius 1 is 0.674 bits per heavy atom. The average Bonchev–Trinajstić information content (AvgIpc) is 3.67. The summed E-state index contributed by atoms with van der Waals surface area (Å²) in [6, 6.07) is 42.2. The first-order chi connectivity index (χ1) is 22.7. The van der Waals surface area contributed by atoms with Crippen molar-refractivity contribution in [1.82, 2.24) is 9.55 Å². The maximum absolute atomic E-state index is 4.54. The normalized spacial score (nSPS) is 16.4. The monoisotopic (exact) mass is 609 g/mol. The van der Waals surface area contributed by atoms with Crippen molar-refractivity contribution in [3.05, 3.63) is 158 Å². The zero-order valence-corrected chi connectivity index (χ0v) is 26.3. The van der Waals surface area contributed by atoms with Gasteiger partial charge in [-0.3, -0.25) is 4.98 Å². The summed E-state index contributed by atoms with van der Waals surface area (Å²) in [5.74, 6) is 0.246. The highest BCUT2D eigenvalue weighted by Gasteiger charge is 2.22. The second-order valence-electron chi connectivity index (χ2n) is 12.0. The quantitative estimate of drug-likeness (QED) is 0.199. The molecule has 0 amide bonds. The highest BCUT2D eigenvalue weighted by Crippen LogP contribution is 2.46. The Labute approximate surface area is 272 Å². The molecule has 0 spiro atoms. The highest BCUT2D eigenvalue weighted by atomic mass is 32.1. The van der Waals surface area contributed by atoms with Crippen LogP contribution in [0.2, 0.25) is 0 Å². The molecule has 0 aliphatic carbocycles. The molecule has 0 saturated heterocycles. The smallest absolute Gasteiger partial charge is 0.0541 e. The van der Waals surface area contributed by atoms with Gasteiger partial charge in [0.2, 0.25) is 0 Å². The third kappa shape index (κ3) is 4.29. The van der Waals surface area contributed by atoms with Gasteiger partial charge in [0.15, 0.2) is 0 Å². The van der Waals surface area contributed by atoms with Crippen LogP contribution >= 0.6 is 11.3 Å². The molecule has 1 aliphatic rings. The number of pyridine rings is 1. The number of hydrogen-bond donors (Lipinski definition) is 0. The molecule has 0 saturated carbocycles. The van der Waals surface area contributed by atoms with E-state index >= 15 is 0 Å². The summed E-state index contributed by atoms with van der Waals surface area (Å²) >= 11 is 1.88. The standard InChI is InChI=1S/C42H31N3S/c1-28-12-4-3-11-23-44(36-21-22-43-27-35(28)36)39-25-30(26-41-42(39)33-16-8-10-18-40(33)46-41)29-19-20-38-34(24-29)32-15-7-9-17-37(32)45(38)31-13-5-2-6-14-31/h2-22,24-28H,23H2,1H3/b11-3-,12-4-/t28-/m0/s1. The van der Waals surface area contributed by atoms with E-state index in [1.165, 1.54) is 75.7 Å². The summed E-state index contributed by atoms with van der Waals surface area (Å²) in [4.78, 5) is 7.03. The molecule has 1 atom stereocenters. The number of fused-ring (bicyclic) bond motifs is 7. The Morgan fingerprint density at radius 2 is 1.48 bits per heavy atom. The van der Waals surface area contributed by atoms with Crippen molar-refractivity contribution in [3.8, 4) is 16.8 Å². The van der Waals surface area contributed by atoms with E-state index in [4.69, 9.17) is 0 Å². The third-order valence-corrected chi connectivity index (χ3v) is 10.4. The van der Waals surface area contributed by atoms with Gasteiger partial charge in [0, 0.05) is 72.7 Å². The van der Waals surface area contributed by atoms with Crippen molar-refractivity contribution in [3.63, 3.8) is 0 Å². The molecule has 46 heavy (non-hydrogen) atoms. The molecule has 4 heteroatoms. The zero-order valence-electron chi connectivity index (χ0n) is 25.5. The van der Waals surface area contributed by atoms with E-state index in [0.29, 0.717) is 0 Å². The van der Waals surface area contributed by atoms with Crippen molar-refractivity contribution >= 4 is 64.7 Å². The topological polar surface area (TPSA) is 21.1 Å². The molecule has 220 valence electrons. The second kappa shape index (κ2) is 10.9. The van der Waals surface area contributed by atoms with Crippen LogP contribution in [-0.2, 0) is 0 Å². The predicted molar refractivity (Wildman–Crippen MR) is 197 cm³/mol. The van der Waals surface area contributed by atoms with Gasteiger partial charge in [-0.05, 0) is 65.7 Å². The number of benzene rings is 5. The molecule has 8 aromatic rings. The summed E-state index contributed by atoms with van der Waals surface area (Å²) in [7, 11) is 0. The maximum Gasteiger partial charge on any atom is 0.0541 e. The summed E-state index contributed by atoms with van der Waals surface area (Å²) in [6.07, 6.45) is 12.8.